The maximum absolute atomic E-state index is 12.4. The summed E-state index contributed by atoms with van der Waals surface area (Å²) in [7, 11) is 1.59. The molecule has 0 aliphatic heterocycles. The number of nitrogens with zero attached hydrogens (tertiary/aromatic N) is 1. The fraction of sp³-hybridized carbons (Fsp3) is 0.385. The van der Waals surface area contributed by atoms with Crippen molar-refractivity contribution in [3.8, 4) is 0 Å². The average molecular weight is 380 g/mol. The summed E-state index contributed by atoms with van der Waals surface area (Å²) in [5, 5.41) is 0.563. The Bertz CT molecular complexity index is 499. The number of carbonyl (C=O) groups is 1. The van der Waals surface area contributed by atoms with E-state index in [9.17, 15) is 4.79 Å². The van der Waals surface area contributed by atoms with E-state index in [2.05, 4.69) is 15.9 Å². The van der Waals surface area contributed by atoms with Crippen LogP contribution in [0.4, 0.5) is 0 Å². The first-order valence-electron chi connectivity index (χ1n) is 5.97. The van der Waals surface area contributed by atoms with Crippen LogP contribution in [0.3, 0.4) is 0 Å². The van der Waals surface area contributed by atoms with E-state index < -0.39 is 0 Å². The molecular weight excluding hydrogens is 364 g/mol. The molecule has 0 heterocycles. The Morgan fingerprint density at radius 1 is 1.50 bits per heavy atom. The first-order chi connectivity index (χ1) is 9.45. The number of carbonyl (C=O) groups excluding carboxylic acids is 1. The largest absolute Gasteiger partial charge is 0.393 e. The maximum Gasteiger partial charge on any atom is 0.253 e. The van der Waals surface area contributed by atoms with Crippen molar-refractivity contribution in [3.63, 3.8) is 0 Å². The van der Waals surface area contributed by atoms with E-state index in [1.165, 1.54) is 0 Å². The lowest BCUT2D eigenvalue weighted by atomic mass is 10.2. The molecule has 1 aromatic carbocycles. The summed E-state index contributed by atoms with van der Waals surface area (Å²) >= 11 is 14.1. The molecule has 0 bridgehead atoms. The molecule has 0 unspecified atom stereocenters. The topological polar surface area (TPSA) is 55.6 Å². The number of rotatable bonds is 7. The van der Waals surface area contributed by atoms with Gasteiger partial charge in [0.2, 0.25) is 0 Å². The van der Waals surface area contributed by atoms with Crippen molar-refractivity contribution in [2.45, 2.75) is 6.42 Å². The van der Waals surface area contributed by atoms with Crippen LogP contribution >= 0.6 is 39.7 Å². The second-order valence-electron chi connectivity index (χ2n) is 4.13. The second kappa shape index (κ2) is 8.56. The van der Waals surface area contributed by atoms with E-state index in [-0.39, 0.29) is 5.91 Å². The molecule has 0 saturated heterocycles. The van der Waals surface area contributed by atoms with Gasteiger partial charge in [-0.3, -0.25) is 4.79 Å². The van der Waals surface area contributed by atoms with Gasteiger partial charge in [0.25, 0.3) is 5.91 Å². The Morgan fingerprint density at radius 3 is 2.75 bits per heavy atom. The molecule has 0 fully saturated rings. The standard InChI is InChI=1S/C13H16BrClN2O2S/c1-19-7-6-17(5-4-12(16)20)13(18)9-2-3-11(15)10(14)8-9/h2-3,8H,4-7H2,1H3,(H2,16,20). The third-order valence-corrected chi connectivity index (χ3v) is 4.07. The van der Waals surface area contributed by atoms with Gasteiger partial charge in [0.1, 0.15) is 0 Å². The van der Waals surface area contributed by atoms with Gasteiger partial charge in [-0.2, -0.15) is 0 Å². The quantitative estimate of drug-likeness (QED) is 0.740. The first kappa shape index (κ1) is 17.4. The van der Waals surface area contributed by atoms with E-state index in [1.54, 1.807) is 30.2 Å². The Kier molecular flexibility index (Phi) is 7.43. The minimum absolute atomic E-state index is 0.101. The van der Waals surface area contributed by atoms with Gasteiger partial charge >= 0.3 is 0 Å². The number of benzene rings is 1. The van der Waals surface area contributed by atoms with Gasteiger partial charge in [-0.15, -0.1) is 0 Å². The highest BCUT2D eigenvalue weighted by Gasteiger charge is 2.16. The molecular formula is C13H16BrClN2O2S. The molecule has 110 valence electrons. The van der Waals surface area contributed by atoms with Crippen molar-refractivity contribution in [2.75, 3.05) is 26.8 Å². The minimum atomic E-state index is -0.101. The lowest BCUT2D eigenvalue weighted by Crippen LogP contribution is -2.36. The van der Waals surface area contributed by atoms with Crippen molar-refractivity contribution >= 4 is 50.6 Å². The van der Waals surface area contributed by atoms with Crippen LogP contribution in [0.1, 0.15) is 16.8 Å². The van der Waals surface area contributed by atoms with Gasteiger partial charge in [0.05, 0.1) is 16.6 Å². The summed E-state index contributed by atoms with van der Waals surface area (Å²) in [6, 6.07) is 5.07. The summed E-state index contributed by atoms with van der Waals surface area (Å²) < 4.78 is 5.71. The van der Waals surface area contributed by atoms with Crippen LogP contribution < -0.4 is 5.73 Å². The number of ether oxygens (including phenoxy) is 1. The van der Waals surface area contributed by atoms with Gasteiger partial charge in [0.15, 0.2) is 0 Å². The minimum Gasteiger partial charge on any atom is -0.393 e. The predicted molar refractivity (Wildman–Crippen MR) is 88.3 cm³/mol. The van der Waals surface area contributed by atoms with Gasteiger partial charge in [-0.05, 0) is 34.1 Å². The molecule has 0 saturated carbocycles. The van der Waals surface area contributed by atoms with E-state index in [0.717, 1.165) is 0 Å². The van der Waals surface area contributed by atoms with Crippen molar-refractivity contribution in [1.82, 2.24) is 4.90 Å². The molecule has 7 heteroatoms. The molecule has 1 aromatic rings. The lowest BCUT2D eigenvalue weighted by molar-refractivity contribution is 0.0701. The average Bonchev–Trinajstić information content (AvgIpc) is 2.41. The number of hydrogen-bond acceptors (Lipinski definition) is 3. The van der Waals surface area contributed by atoms with Crippen LogP contribution in [0.15, 0.2) is 22.7 Å². The first-order valence-corrected chi connectivity index (χ1v) is 7.55. The summed E-state index contributed by atoms with van der Waals surface area (Å²) in [6.07, 6.45) is 0.486. The normalized spacial score (nSPS) is 10.3. The van der Waals surface area contributed by atoms with Crippen molar-refractivity contribution < 1.29 is 9.53 Å². The molecule has 2 N–H and O–H groups in total. The van der Waals surface area contributed by atoms with Gasteiger partial charge in [-0.1, -0.05) is 23.8 Å². The SMILES string of the molecule is COCCN(CCC(N)=S)C(=O)c1ccc(Cl)c(Br)c1. The molecule has 0 aliphatic rings. The number of amides is 1. The monoisotopic (exact) mass is 378 g/mol. The fourth-order valence-electron chi connectivity index (χ4n) is 1.57. The molecule has 0 atom stereocenters. The van der Waals surface area contributed by atoms with E-state index >= 15 is 0 Å². The molecule has 1 rings (SSSR count). The van der Waals surface area contributed by atoms with E-state index in [1.807, 2.05) is 0 Å². The molecule has 1 amide bonds. The van der Waals surface area contributed by atoms with Crippen LogP contribution in [-0.2, 0) is 4.74 Å². The smallest absolute Gasteiger partial charge is 0.253 e. The highest BCUT2D eigenvalue weighted by molar-refractivity contribution is 9.10. The van der Waals surface area contributed by atoms with Crippen molar-refractivity contribution in [1.29, 1.82) is 0 Å². The van der Waals surface area contributed by atoms with Crippen LogP contribution in [0.5, 0.6) is 0 Å². The Morgan fingerprint density at radius 2 is 2.20 bits per heavy atom. The number of halogens is 2. The van der Waals surface area contributed by atoms with Crippen LogP contribution in [-0.4, -0.2) is 42.6 Å². The zero-order chi connectivity index (χ0) is 15.1. The second-order valence-corrected chi connectivity index (χ2v) is 5.92. The summed E-state index contributed by atoms with van der Waals surface area (Å²) in [6.45, 7) is 1.41. The molecule has 20 heavy (non-hydrogen) atoms. The van der Waals surface area contributed by atoms with Gasteiger partial charge < -0.3 is 15.4 Å². The zero-order valence-corrected chi connectivity index (χ0v) is 14.2. The molecule has 4 nitrogen and oxygen atoms in total. The molecule has 0 aromatic heterocycles. The van der Waals surface area contributed by atoms with E-state index in [0.29, 0.717) is 46.2 Å². The maximum atomic E-state index is 12.4. The van der Waals surface area contributed by atoms with Crippen LogP contribution in [0, 0.1) is 0 Å². The Balaban J connectivity index is 2.84. The van der Waals surface area contributed by atoms with Gasteiger partial charge in [-0.25, -0.2) is 0 Å². The number of thiocarbonyl (C=S) groups is 1. The highest BCUT2D eigenvalue weighted by Crippen LogP contribution is 2.23. The number of nitrogens with two attached hydrogens (primary N) is 1. The van der Waals surface area contributed by atoms with E-state index in [4.69, 9.17) is 34.3 Å². The van der Waals surface area contributed by atoms with Crippen LogP contribution in [0.2, 0.25) is 5.02 Å². The molecule has 0 aliphatic carbocycles. The molecule has 0 spiro atoms. The fourth-order valence-corrected chi connectivity index (χ4v) is 2.16. The molecule has 0 radical (unpaired) electrons. The third kappa shape index (κ3) is 5.36. The van der Waals surface area contributed by atoms with Crippen molar-refractivity contribution in [2.24, 2.45) is 5.73 Å². The van der Waals surface area contributed by atoms with Crippen LogP contribution in [0.25, 0.3) is 0 Å². The Labute approximate surface area is 137 Å². The summed E-state index contributed by atoms with van der Waals surface area (Å²) in [5.74, 6) is -0.101. The van der Waals surface area contributed by atoms with Gasteiger partial charge in [0, 0.05) is 36.7 Å². The zero-order valence-electron chi connectivity index (χ0n) is 11.1. The Hall–Kier alpha value is -0.690. The third-order valence-electron chi connectivity index (χ3n) is 2.65. The summed E-state index contributed by atoms with van der Waals surface area (Å²) in [5.41, 5.74) is 6.05. The lowest BCUT2D eigenvalue weighted by Gasteiger charge is -2.22. The van der Waals surface area contributed by atoms with Crippen molar-refractivity contribution in [3.05, 3.63) is 33.3 Å². The summed E-state index contributed by atoms with van der Waals surface area (Å²) in [4.78, 5) is 14.5. The number of hydrogen-bond donors (Lipinski definition) is 1. The highest BCUT2D eigenvalue weighted by atomic mass is 79.9. The number of methoxy groups -OCH3 is 1. The predicted octanol–water partition coefficient (Wildman–Crippen LogP) is 2.87.